The van der Waals surface area contributed by atoms with Gasteiger partial charge >= 0.3 is 0 Å². The van der Waals surface area contributed by atoms with Crippen LogP contribution in [0.1, 0.15) is 5.69 Å². The zero-order valence-electron chi connectivity index (χ0n) is 7.58. The third kappa shape index (κ3) is 3.76. The van der Waals surface area contributed by atoms with E-state index in [0.717, 1.165) is 0 Å². The van der Waals surface area contributed by atoms with Crippen LogP contribution in [0.25, 0.3) is 0 Å². The van der Waals surface area contributed by atoms with Crippen LogP contribution in [-0.2, 0) is 6.54 Å². The third-order valence-electron chi connectivity index (χ3n) is 1.65. The Morgan fingerprint density at radius 3 is 2.79 bits per heavy atom. The summed E-state index contributed by atoms with van der Waals surface area (Å²) in [6.07, 6.45) is 1.60. The molecule has 0 fully saturated rings. The lowest BCUT2D eigenvalue weighted by atomic mass is 10.3. The number of halogens is 2. The molecule has 0 aliphatic carbocycles. The fourth-order valence-corrected chi connectivity index (χ4v) is 0.932. The number of aromatic nitrogens is 1. The van der Waals surface area contributed by atoms with Crippen molar-refractivity contribution in [1.82, 2.24) is 10.3 Å². The molecule has 0 atom stereocenters. The summed E-state index contributed by atoms with van der Waals surface area (Å²) in [6.45, 7) is -1.40. The molecule has 0 saturated carbocycles. The molecule has 0 aliphatic rings. The van der Waals surface area contributed by atoms with Crippen molar-refractivity contribution in [2.45, 2.75) is 12.5 Å². The van der Waals surface area contributed by atoms with Gasteiger partial charge in [0.15, 0.2) is 0 Å². The maximum atomic E-state index is 12.5. The minimum Gasteiger partial charge on any atom is -0.390 e. The van der Waals surface area contributed by atoms with Gasteiger partial charge in [-0.1, -0.05) is 6.07 Å². The van der Waals surface area contributed by atoms with Gasteiger partial charge in [-0.25, -0.2) is 8.78 Å². The van der Waals surface area contributed by atoms with Gasteiger partial charge in [-0.3, -0.25) is 4.98 Å². The van der Waals surface area contributed by atoms with Crippen LogP contribution in [0.3, 0.4) is 0 Å². The monoisotopic (exact) mass is 202 g/mol. The first-order valence-electron chi connectivity index (χ1n) is 4.23. The number of aliphatic hydroxyl groups is 1. The number of nitrogens with one attached hydrogen (secondary N) is 1. The molecule has 0 spiro atoms. The van der Waals surface area contributed by atoms with Gasteiger partial charge in [-0.05, 0) is 12.1 Å². The largest absolute Gasteiger partial charge is 0.390 e. The summed E-state index contributed by atoms with van der Waals surface area (Å²) in [5.74, 6) is -3.06. The van der Waals surface area contributed by atoms with E-state index in [9.17, 15) is 8.78 Å². The molecule has 0 radical (unpaired) electrons. The van der Waals surface area contributed by atoms with Crippen molar-refractivity contribution in [2.24, 2.45) is 0 Å². The molecular weight excluding hydrogens is 190 g/mol. The molecule has 2 N–H and O–H groups in total. The Kier molecular flexibility index (Phi) is 3.91. The molecule has 1 heterocycles. The first-order chi connectivity index (χ1) is 6.64. The van der Waals surface area contributed by atoms with Gasteiger partial charge in [-0.2, -0.15) is 0 Å². The number of nitrogens with zero attached hydrogens (tertiary/aromatic N) is 1. The fraction of sp³-hybridized carbons (Fsp3) is 0.444. The van der Waals surface area contributed by atoms with Crippen LogP contribution in [-0.4, -0.2) is 29.2 Å². The average Bonchev–Trinajstić information content (AvgIpc) is 2.19. The molecule has 78 valence electrons. The highest BCUT2D eigenvalue weighted by molar-refractivity contribution is 5.02. The van der Waals surface area contributed by atoms with Crippen LogP contribution < -0.4 is 5.32 Å². The summed E-state index contributed by atoms with van der Waals surface area (Å²) in [5.41, 5.74) is 0.696. The maximum absolute atomic E-state index is 12.5. The Bertz CT molecular complexity index is 267. The average molecular weight is 202 g/mol. The van der Waals surface area contributed by atoms with Crippen LogP contribution in [0.2, 0.25) is 0 Å². The molecule has 0 aromatic carbocycles. The smallest absolute Gasteiger partial charge is 0.282 e. The Morgan fingerprint density at radius 2 is 2.21 bits per heavy atom. The Labute approximate surface area is 80.8 Å². The summed E-state index contributed by atoms with van der Waals surface area (Å²) in [5, 5.41) is 10.8. The predicted molar refractivity (Wildman–Crippen MR) is 48.0 cm³/mol. The molecule has 0 saturated heterocycles. The number of pyridine rings is 1. The van der Waals surface area contributed by atoms with Crippen LogP contribution >= 0.6 is 0 Å². The normalized spacial score (nSPS) is 11.6. The van der Waals surface area contributed by atoms with Crippen molar-refractivity contribution >= 4 is 0 Å². The summed E-state index contributed by atoms with van der Waals surface area (Å²) in [4.78, 5) is 3.95. The lowest BCUT2D eigenvalue weighted by molar-refractivity contribution is -0.0478. The highest BCUT2D eigenvalue weighted by Crippen LogP contribution is 2.09. The predicted octanol–water partition coefficient (Wildman–Crippen LogP) is 0.799. The van der Waals surface area contributed by atoms with Gasteiger partial charge in [0, 0.05) is 12.7 Å². The van der Waals surface area contributed by atoms with E-state index in [1.54, 1.807) is 24.4 Å². The SMILES string of the molecule is OCC(F)(F)CNCc1ccccn1. The van der Waals surface area contributed by atoms with E-state index >= 15 is 0 Å². The zero-order chi connectivity index (χ0) is 10.4. The third-order valence-corrected chi connectivity index (χ3v) is 1.65. The van der Waals surface area contributed by atoms with Gasteiger partial charge in [-0.15, -0.1) is 0 Å². The molecular formula is C9H12F2N2O. The van der Waals surface area contributed by atoms with E-state index in [1.165, 1.54) is 0 Å². The Morgan fingerprint density at radius 1 is 1.43 bits per heavy atom. The second kappa shape index (κ2) is 4.97. The molecule has 1 aromatic rings. The van der Waals surface area contributed by atoms with E-state index in [1.807, 2.05) is 0 Å². The van der Waals surface area contributed by atoms with Crippen molar-refractivity contribution in [3.63, 3.8) is 0 Å². The molecule has 0 unspecified atom stereocenters. The fourth-order valence-electron chi connectivity index (χ4n) is 0.932. The van der Waals surface area contributed by atoms with Gasteiger partial charge in [0.2, 0.25) is 0 Å². The second-order valence-electron chi connectivity index (χ2n) is 2.94. The van der Waals surface area contributed by atoms with Crippen molar-refractivity contribution in [1.29, 1.82) is 0 Å². The molecule has 0 amide bonds. The molecule has 0 aliphatic heterocycles. The lowest BCUT2D eigenvalue weighted by Crippen LogP contribution is -2.35. The van der Waals surface area contributed by atoms with Crippen molar-refractivity contribution in [3.8, 4) is 0 Å². The molecule has 0 bridgehead atoms. The molecule has 3 nitrogen and oxygen atoms in total. The van der Waals surface area contributed by atoms with Crippen molar-refractivity contribution in [2.75, 3.05) is 13.2 Å². The van der Waals surface area contributed by atoms with E-state index < -0.39 is 19.1 Å². The molecule has 5 heteroatoms. The molecule has 1 aromatic heterocycles. The Balaban J connectivity index is 2.29. The number of alkyl halides is 2. The van der Waals surface area contributed by atoms with Crippen LogP contribution in [0, 0.1) is 0 Å². The second-order valence-corrected chi connectivity index (χ2v) is 2.94. The maximum Gasteiger partial charge on any atom is 0.282 e. The number of hydrogen-bond donors (Lipinski definition) is 2. The summed E-state index contributed by atoms with van der Waals surface area (Å²) in [7, 11) is 0. The van der Waals surface area contributed by atoms with Crippen LogP contribution in [0.15, 0.2) is 24.4 Å². The first-order valence-corrected chi connectivity index (χ1v) is 4.23. The first kappa shape index (κ1) is 11.0. The zero-order valence-corrected chi connectivity index (χ0v) is 7.58. The van der Waals surface area contributed by atoms with E-state index in [2.05, 4.69) is 10.3 Å². The topological polar surface area (TPSA) is 45.1 Å². The summed E-state index contributed by atoms with van der Waals surface area (Å²) in [6, 6.07) is 5.28. The highest BCUT2D eigenvalue weighted by atomic mass is 19.3. The number of hydrogen-bond acceptors (Lipinski definition) is 3. The van der Waals surface area contributed by atoms with Crippen molar-refractivity contribution < 1.29 is 13.9 Å². The van der Waals surface area contributed by atoms with E-state index in [4.69, 9.17) is 5.11 Å². The molecule has 1 rings (SSSR count). The van der Waals surface area contributed by atoms with Gasteiger partial charge in [0.1, 0.15) is 6.61 Å². The number of aliphatic hydroxyl groups excluding tert-OH is 1. The van der Waals surface area contributed by atoms with Gasteiger partial charge < -0.3 is 10.4 Å². The molecule has 14 heavy (non-hydrogen) atoms. The Hall–Kier alpha value is -1.07. The highest BCUT2D eigenvalue weighted by Gasteiger charge is 2.26. The van der Waals surface area contributed by atoms with E-state index in [-0.39, 0.29) is 6.54 Å². The van der Waals surface area contributed by atoms with E-state index in [0.29, 0.717) is 5.69 Å². The minimum absolute atomic E-state index is 0.274. The summed E-state index contributed by atoms with van der Waals surface area (Å²) >= 11 is 0. The van der Waals surface area contributed by atoms with Crippen molar-refractivity contribution in [3.05, 3.63) is 30.1 Å². The lowest BCUT2D eigenvalue weighted by Gasteiger charge is -2.13. The van der Waals surface area contributed by atoms with Crippen LogP contribution in [0.5, 0.6) is 0 Å². The number of rotatable bonds is 5. The standard InChI is InChI=1S/C9H12F2N2O/c10-9(11,7-14)6-12-5-8-3-1-2-4-13-8/h1-4,12,14H,5-7H2. The minimum atomic E-state index is -3.06. The quantitative estimate of drug-likeness (QED) is 0.742. The van der Waals surface area contributed by atoms with Gasteiger partial charge in [0.25, 0.3) is 5.92 Å². The van der Waals surface area contributed by atoms with Crippen LogP contribution in [0.4, 0.5) is 8.78 Å². The summed E-state index contributed by atoms with van der Waals surface area (Å²) < 4.78 is 25.0. The van der Waals surface area contributed by atoms with Gasteiger partial charge in [0.05, 0.1) is 12.2 Å².